The van der Waals surface area contributed by atoms with Crippen molar-refractivity contribution < 1.29 is 14.3 Å². The van der Waals surface area contributed by atoms with Gasteiger partial charge in [-0.15, -0.1) is 17.0 Å². The molecule has 5 nitrogen and oxygen atoms in total. The van der Waals surface area contributed by atoms with Crippen LogP contribution in [0.15, 0.2) is 0 Å². The Balaban J connectivity index is 0.00000441. The summed E-state index contributed by atoms with van der Waals surface area (Å²) in [6.07, 6.45) is 0.646. The number of cyclic esters (lactones) is 1. The Hall–Kier alpha value is -0.620. The van der Waals surface area contributed by atoms with Gasteiger partial charge in [0.15, 0.2) is 0 Å². The van der Waals surface area contributed by atoms with Gasteiger partial charge in [-0.3, -0.25) is 9.69 Å². The minimum atomic E-state index is -0.700. The zero-order chi connectivity index (χ0) is 16.0. The summed E-state index contributed by atoms with van der Waals surface area (Å²) in [5.41, 5.74) is 0. The summed E-state index contributed by atoms with van der Waals surface area (Å²) >= 11 is 0. The average molecular weight is 379 g/mol. The maximum absolute atomic E-state index is 11.7. The fraction of sp³-hybridized carbons (Fsp3) is 0.875. The molecule has 1 fully saturated rings. The van der Waals surface area contributed by atoms with Gasteiger partial charge in [0.1, 0.15) is 6.10 Å². The topological polar surface area (TPSA) is 49.9 Å². The molecule has 130 valence electrons. The van der Waals surface area contributed by atoms with E-state index in [-0.39, 0.29) is 23.1 Å². The summed E-state index contributed by atoms with van der Waals surface area (Å²) in [6.45, 7) is 14.6. The number of carbonyl (C=O) groups excluding carboxylic acids is 2. The van der Waals surface area contributed by atoms with Gasteiger partial charge in [-0.2, -0.15) is 0 Å². The molecule has 0 aliphatic carbocycles. The molecular formula is C16H31BrN2O3. The molecule has 0 aromatic rings. The number of hydrogen-bond acceptors (Lipinski definition) is 4. The Morgan fingerprint density at radius 3 is 2.18 bits per heavy atom. The Morgan fingerprint density at radius 2 is 1.73 bits per heavy atom. The van der Waals surface area contributed by atoms with Crippen molar-refractivity contribution in [3.8, 4) is 0 Å². The first kappa shape index (κ1) is 21.4. The molecular weight excluding hydrogens is 348 g/mol. The molecule has 1 unspecified atom stereocenters. The lowest BCUT2D eigenvalue weighted by Gasteiger charge is -2.35. The first-order valence-electron chi connectivity index (χ1n) is 8.05. The van der Waals surface area contributed by atoms with Gasteiger partial charge in [0.2, 0.25) is 0 Å². The van der Waals surface area contributed by atoms with Crippen LogP contribution in [-0.4, -0.2) is 60.5 Å². The van der Waals surface area contributed by atoms with Crippen molar-refractivity contribution in [3.63, 3.8) is 0 Å². The third-order valence-electron chi connectivity index (χ3n) is 3.36. The second kappa shape index (κ2) is 10.2. The minimum absolute atomic E-state index is 0. The number of carbonyl (C=O) groups is 2. The van der Waals surface area contributed by atoms with Crippen molar-refractivity contribution in [1.29, 1.82) is 0 Å². The van der Waals surface area contributed by atoms with Crippen LogP contribution in [0.2, 0.25) is 0 Å². The van der Waals surface area contributed by atoms with E-state index in [2.05, 4.69) is 32.6 Å². The molecule has 0 aromatic carbocycles. The summed E-state index contributed by atoms with van der Waals surface area (Å²) in [5.74, 6) is -0.0612. The van der Waals surface area contributed by atoms with E-state index in [1.165, 1.54) is 0 Å². The lowest BCUT2D eigenvalue weighted by atomic mass is 10.1. The molecule has 1 atom stereocenters. The van der Waals surface area contributed by atoms with Crippen LogP contribution in [0.3, 0.4) is 0 Å². The molecule has 0 saturated carbocycles. The number of amides is 1. The van der Waals surface area contributed by atoms with Crippen LogP contribution in [0, 0.1) is 11.8 Å². The van der Waals surface area contributed by atoms with Crippen molar-refractivity contribution in [2.75, 3.05) is 32.7 Å². The molecule has 1 heterocycles. The predicted molar refractivity (Wildman–Crippen MR) is 93.2 cm³/mol. The van der Waals surface area contributed by atoms with Gasteiger partial charge in [-0.05, 0) is 18.3 Å². The molecule has 0 radical (unpaired) electrons. The normalized spacial score (nSPS) is 18.9. The van der Waals surface area contributed by atoms with Crippen LogP contribution < -0.4 is 0 Å². The van der Waals surface area contributed by atoms with E-state index in [4.69, 9.17) is 4.74 Å². The molecule has 0 N–H and O–H groups in total. The number of rotatable bonds is 8. The van der Waals surface area contributed by atoms with E-state index in [9.17, 15) is 9.59 Å². The highest BCUT2D eigenvalue weighted by Gasteiger charge is 2.34. The Kier molecular flexibility index (Phi) is 9.92. The van der Waals surface area contributed by atoms with Crippen LogP contribution in [-0.2, 0) is 14.3 Å². The second-order valence-electron chi connectivity index (χ2n) is 6.78. The lowest BCUT2D eigenvalue weighted by molar-refractivity contribution is -0.173. The largest absolute Gasteiger partial charge is 0.452 e. The van der Waals surface area contributed by atoms with E-state index in [1.54, 1.807) is 4.90 Å². The number of hydrogen-bond donors (Lipinski definition) is 0. The van der Waals surface area contributed by atoms with Crippen molar-refractivity contribution in [2.24, 2.45) is 11.8 Å². The molecule has 1 aliphatic heterocycles. The van der Waals surface area contributed by atoms with Gasteiger partial charge in [-0.25, -0.2) is 4.79 Å². The quantitative estimate of drug-likeness (QED) is 0.480. The highest BCUT2D eigenvalue weighted by molar-refractivity contribution is 8.93. The minimum Gasteiger partial charge on any atom is -0.452 e. The zero-order valence-corrected chi connectivity index (χ0v) is 16.2. The predicted octanol–water partition coefficient (Wildman–Crippen LogP) is 2.34. The Morgan fingerprint density at radius 1 is 1.18 bits per heavy atom. The van der Waals surface area contributed by atoms with Crippen molar-refractivity contribution in [2.45, 2.75) is 47.1 Å². The zero-order valence-electron chi connectivity index (χ0n) is 14.5. The van der Waals surface area contributed by atoms with Gasteiger partial charge in [-0.1, -0.05) is 34.6 Å². The Labute approximate surface area is 145 Å². The Bertz CT molecular complexity index is 351. The van der Waals surface area contributed by atoms with E-state index >= 15 is 0 Å². The molecule has 0 spiro atoms. The van der Waals surface area contributed by atoms with Crippen LogP contribution in [0.1, 0.15) is 41.0 Å². The fourth-order valence-electron chi connectivity index (χ4n) is 2.80. The number of esters is 1. The van der Waals surface area contributed by atoms with Gasteiger partial charge in [0.25, 0.3) is 0 Å². The molecule has 1 aliphatic rings. The standard InChI is InChI=1S/C16H30N2O3.BrH/c1-6-7-18-11-14(21-16(20)15(18)19)10-17(8-12(2)3)9-13(4)5;/h12-14H,6-11H2,1-5H3;1H. The first-order valence-corrected chi connectivity index (χ1v) is 8.05. The lowest BCUT2D eigenvalue weighted by Crippen LogP contribution is -2.53. The van der Waals surface area contributed by atoms with Crippen molar-refractivity contribution in [1.82, 2.24) is 9.80 Å². The molecule has 22 heavy (non-hydrogen) atoms. The molecule has 1 saturated heterocycles. The summed E-state index contributed by atoms with van der Waals surface area (Å²) in [4.78, 5) is 27.4. The van der Waals surface area contributed by atoms with Gasteiger partial charge >= 0.3 is 11.9 Å². The maximum atomic E-state index is 11.7. The number of ether oxygens (including phenoxy) is 1. The van der Waals surface area contributed by atoms with Crippen LogP contribution in [0.4, 0.5) is 0 Å². The van der Waals surface area contributed by atoms with Gasteiger partial charge in [0, 0.05) is 26.2 Å². The van der Waals surface area contributed by atoms with Gasteiger partial charge in [0.05, 0.1) is 6.54 Å². The monoisotopic (exact) mass is 378 g/mol. The maximum Gasteiger partial charge on any atom is 0.397 e. The summed E-state index contributed by atoms with van der Waals surface area (Å²) in [6, 6.07) is 0. The molecule has 0 aromatic heterocycles. The van der Waals surface area contributed by atoms with E-state index in [0.717, 1.165) is 19.5 Å². The van der Waals surface area contributed by atoms with E-state index in [1.807, 2.05) is 6.92 Å². The number of halogens is 1. The smallest absolute Gasteiger partial charge is 0.397 e. The highest BCUT2D eigenvalue weighted by Crippen LogP contribution is 2.12. The van der Waals surface area contributed by atoms with E-state index < -0.39 is 11.9 Å². The van der Waals surface area contributed by atoms with Gasteiger partial charge < -0.3 is 9.64 Å². The number of nitrogens with zero attached hydrogens (tertiary/aromatic N) is 2. The highest BCUT2D eigenvalue weighted by atomic mass is 79.9. The summed E-state index contributed by atoms with van der Waals surface area (Å²) in [5, 5.41) is 0. The summed E-state index contributed by atoms with van der Waals surface area (Å²) < 4.78 is 5.30. The molecule has 0 bridgehead atoms. The molecule has 1 amide bonds. The third kappa shape index (κ3) is 7.09. The number of morpholine rings is 1. The average Bonchev–Trinajstić information content (AvgIpc) is 2.33. The molecule has 1 rings (SSSR count). The summed E-state index contributed by atoms with van der Waals surface area (Å²) in [7, 11) is 0. The fourth-order valence-corrected chi connectivity index (χ4v) is 2.80. The SMILES string of the molecule is Br.CCCN1CC(CN(CC(C)C)CC(C)C)OC(=O)C1=O. The molecule has 6 heteroatoms. The van der Waals surface area contributed by atoms with Crippen molar-refractivity contribution in [3.05, 3.63) is 0 Å². The third-order valence-corrected chi connectivity index (χ3v) is 3.36. The van der Waals surface area contributed by atoms with Crippen LogP contribution in [0.5, 0.6) is 0 Å². The van der Waals surface area contributed by atoms with Crippen molar-refractivity contribution >= 4 is 28.9 Å². The first-order chi connectivity index (χ1) is 9.83. The van der Waals surface area contributed by atoms with Crippen LogP contribution in [0.25, 0.3) is 0 Å². The van der Waals surface area contributed by atoms with Crippen LogP contribution >= 0.6 is 17.0 Å². The van der Waals surface area contributed by atoms with E-state index in [0.29, 0.717) is 31.5 Å². The second-order valence-corrected chi connectivity index (χ2v) is 6.78.